The summed E-state index contributed by atoms with van der Waals surface area (Å²) in [6.45, 7) is 7.08. The van der Waals surface area contributed by atoms with Crippen LogP contribution in [0.5, 0.6) is 0 Å². The number of fused-ring (bicyclic) bond motifs is 1. The maximum atomic E-state index is 6.44. The Labute approximate surface area is 142 Å². The van der Waals surface area contributed by atoms with Gasteiger partial charge in [-0.1, -0.05) is 22.9 Å². The average molecular weight is 350 g/mol. The van der Waals surface area contributed by atoms with E-state index in [-0.39, 0.29) is 0 Å². The van der Waals surface area contributed by atoms with Gasteiger partial charge >= 0.3 is 0 Å². The highest BCUT2D eigenvalue weighted by molar-refractivity contribution is 7.19. The van der Waals surface area contributed by atoms with Crippen molar-refractivity contribution in [2.45, 2.75) is 13.8 Å². The van der Waals surface area contributed by atoms with Gasteiger partial charge in [0.2, 0.25) is 0 Å². The van der Waals surface area contributed by atoms with Gasteiger partial charge in [0.15, 0.2) is 10.8 Å². The molecule has 0 N–H and O–H groups in total. The highest BCUT2D eigenvalue weighted by Gasteiger charge is 2.23. The molecule has 0 amide bonds. The quantitative estimate of drug-likeness (QED) is 0.712. The number of hydrogen-bond donors (Lipinski definition) is 0. The van der Waals surface area contributed by atoms with Crippen LogP contribution >= 0.6 is 22.9 Å². The maximum Gasteiger partial charge on any atom is 0.187 e. The van der Waals surface area contributed by atoms with Gasteiger partial charge in [0.25, 0.3) is 0 Å². The molecule has 23 heavy (non-hydrogen) atoms. The normalized spacial score (nSPS) is 15.5. The third kappa shape index (κ3) is 2.58. The smallest absolute Gasteiger partial charge is 0.187 e. The van der Waals surface area contributed by atoms with Crippen molar-refractivity contribution in [3.63, 3.8) is 0 Å². The molecule has 1 saturated heterocycles. The first-order valence-corrected chi connectivity index (χ1v) is 8.65. The van der Waals surface area contributed by atoms with E-state index in [0.717, 1.165) is 58.9 Å². The Balaban J connectivity index is 1.83. The number of aromatic nitrogens is 4. The lowest BCUT2D eigenvalue weighted by Gasteiger charge is -2.25. The van der Waals surface area contributed by atoms with E-state index in [1.807, 2.05) is 26.1 Å². The summed E-state index contributed by atoms with van der Waals surface area (Å²) in [4.78, 5) is 12.3. The molecule has 0 saturated carbocycles. The molecule has 1 aliphatic rings. The van der Waals surface area contributed by atoms with Crippen LogP contribution in [0.15, 0.2) is 12.3 Å². The van der Waals surface area contributed by atoms with E-state index in [9.17, 15) is 0 Å². The van der Waals surface area contributed by atoms with E-state index in [1.54, 1.807) is 15.9 Å². The lowest BCUT2D eigenvalue weighted by Crippen LogP contribution is -2.36. The molecule has 8 heteroatoms. The van der Waals surface area contributed by atoms with Crippen LogP contribution in [0.4, 0.5) is 5.13 Å². The number of rotatable bonds is 2. The second-order valence-corrected chi connectivity index (χ2v) is 6.85. The first-order valence-electron chi connectivity index (χ1n) is 7.45. The van der Waals surface area contributed by atoms with Gasteiger partial charge in [-0.25, -0.2) is 14.5 Å². The second-order valence-electron chi connectivity index (χ2n) is 5.51. The van der Waals surface area contributed by atoms with Crippen molar-refractivity contribution >= 4 is 33.7 Å². The van der Waals surface area contributed by atoms with Crippen molar-refractivity contribution in [2.24, 2.45) is 0 Å². The third-order valence-corrected chi connectivity index (χ3v) is 5.40. The molecule has 3 aromatic rings. The average Bonchev–Trinajstić information content (AvgIpc) is 3.07. The fourth-order valence-corrected chi connectivity index (χ4v) is 4.17. The highest BCUT2D eigenvalue weighted by atomic mass is 35.5. The molecular formula is C15H16ClN5OS. The minimum atomic E-state index is 0.512. The van der Waals surface area contributed by atoms with Crippen LogP contribution in [0, 0.1) is 13.8 Å². The summed E-state index contributed by atoms with van der Waals surface area (Å²) in [7, 11) is 0. The Morgan fingerprint density at radius 3 is 2.78 bits per heavy atom. The lowest BCUT2D eigenvalue weighted by atomic mass is 10.2. The van der Waals surface area contributed by atoms with E-state index in [0.29, 0.717) is 5.15 Å². The summed E-state index contributed by atoms with van der Waals surface area (Å²) in [5, 5.41) is 5.98. The predicted molar refractivity (Wildman–Crippen MR) is 91.6 cm³/mol. The number of nitrogens with zero attached hydrogens (tertiary/aromatic N) is 5. The van der Waals surface area contributed by atoms with Crippen molar-refractivity contribution in [1.29, 1.82) is 0 Å². The Morgan fingerprint density at radius 1 is 1.22 bits per heavy atom. The van der Waals surface area contributed by atoms with Crippen LogP contribution in [0.1, 0.15) is 11.4 Å². The van der Waals surface area contributed by atoms with Crippen LogP contribution in [0.25, 0.3) is 16.1 Å². The van der Waals surface area contributed by atoms with Crippen LogP contribution in [0.3, 0.4) is 0 Å². The molecular weight excluding hydrogens is 334 g/mol. The number of morpholine rings is 1. The van der Waals surface area contributed by atoms with Crippen LogP contribution in [-0.4, -0.2) is 45.9 Å². The second kappa shape index (κ2) is 5.74. The van der Waals surface area contributed by atoms with Gasteiger partial charge in [-0.3, -0.25) is 0 Å². The van der Waals surface area contributed by atoms with Gasteiger partial charge in [0.1, 0.15) is 5.15 Å². The van der Waals surface area contributed by atoms with Crippen LogP contribution in [-0.2, 0) is 4.74 Å². The minimum absolute atomic E-state index is 0.512. The summed E-state index contributed by atoms with van der Waals surface area (Å²) in [6.07, 6.45) is 1.92. The number of ether oxygens (including phenoxy) is 1. The van der Waals surface area contributed by atoms with Crippen molar-refractivity contribution in [3.8, 4) is 10.4 Å². The molecule has 0 radical (unpaired) electrons. The van der Waals surface area contributed by atoms with Crippen LogP contribution in [0.2, 0.25) is 5.15 Å². The van der Waals surface area contributed by atoms with Gasteiger partial charge in [-0.05, 0) is 19.9 Å². The zero-order chi connectivity index (χ0) is 16.0. The largest absolute Gasteiger partial charge is 0.378 e. The molecule has 6 nitrogen and oxygen atoms in total. The number of hydrogen-bond acceptors (Lipinski definition) is 6. The van der Waals surface area contributed by atoms with Crippen molar-refractivity contribution < 1.29 is 4.74 Å². The molecule has 0 aromatic carbocycles. The first-order chi connectivity index (χ1) is 11.1. The van der Waals surface area contributed by atoms with Crippen LogP contribution < -0.4 is 4.90 Å². The lowest BCUT2D eigenvalue weighted by molar-refractivity contribution is 0.122. The molecule has 4 heterocycles. The summed E-state index contributed by atoms with van der Waals surface area (Å²) in [5.74, 6) is 0. The Morgan fingerprint density at radius 2 is 2.00 bits per heavy atom. The zero-order valence-corrected chi connectivity index (χ0v) is 14.5. The third-order valence-electron chi connectivity index (χ3n) is 3.88. The molecule has 0 atom stereocenters. The van der Waals surface area contributed by atoms with Gasteiger partial charge in [-0.15, -0.1) is 0 Å². The monoisotopic (exact) mass is 349 g/mol. The minimum Gasteiger partial charge on any atom is -0.378 e. The Kier molecular flexibility index (Phi) is 3.71. The number of halogens is 1. The van der Waals surface area contributed by atoms with E-state index < -0.39 is 0 Å². The van der Waals surface area contributed by atoms with Crippen molar-refractivity contribution in [3.05, 3.63) is 28.8 Å². The Hall–Kier alpha value is -1.70. The number of thiazole rings is 1. The summed E-state index contributed by atoms with van der Waals surface area (Å²) in [5.41, 5.74) is 3.65. The molecule has 0 aliphatic carbocycles. The SMILES string of the molecule is Cc1ccn2nc(C)c(-c3sc(N4CCOCC4)nc3Cl)c2n1. The zero-order valence-electron chi connectivity index (χ0n) is 12.9. The van der Waals surface area contributed by atoms with Gasteiger partial charge in [0, 0.05) is 25.0 Å². The maximum absolute atomic E-state index is 6.44. The first kappa shape index (κ1) is 14.9. The van der Waals surface area contributed by atoms with Gasteiger partial charge in [0.05, 0.1) is 29.3 Å². The van der Waals surface area contributed by atoms with E-state index >= 15 is 0 Å². The molecule has 3 aromatic heterocycles. The fourth-order valence-electron chi connectivity index (χ4n) is 2.73. The predicted octanol–water partition coefficient (Wildman–Crippen LogP) is 2.96. The van der Waals surface area contributed by atoms with E-state index in [1.165, 1.54) is 0 Å². The Bertz CT molecular complexity index is 868. The number of aryl methyl sites for hydroxylation is 2. The summed E-state index contributed by atoms with van der Waals surface area (Å²) in [6, 6.07) is 1.94. The fraction of sp³-hybridized carbons (Fsp3) is 0.400. The van der Waals surface area contributed by atoms with Gasteiger partial charge < -0.3 is 9.64 Å². The molecule has 0 unspecified atom stereocenters. The van der Waals surface area contributed by atoms with E-state index in [4.69, 9.17) is 16.3 Å². The molecule has 4 rings (SSSR count). The van der Waals surface area contributed by atoms with Crippen molar-refractivity contribution in [1.82, 2.24) is 19.6 Å². The molecule has 1 aliphatic heterocycles. The molecule has 0 bridgehead atoms. The molecule has 1 fully saturated rings. The van der Waals surface area contributed by atoms with Crippen molar-refractivity contribution in [2.75, 3.05) is 31.2 Å². The molecule has 120 valence electrons. The number of anilines is 1. The van der Waals surface area contributed by atoms with E-state index in [2.05, 4.69) is 20.0 Å². The highest BCUT2D eigenvalue weighted by Crippen LogP contribution is 2.40. The summed E-state index contributed by atoms with van der Waals surface area (Å²) < 4.78 is 7.19. The standard InChI is InChI=1S/C15H16ClN5OS/c1-9-3-4-21-14(17-9)11(10(2)19-21)12-13(16)18-15(23-12)20-5-7-22-8-6-20/h3-4H,5-8H2,1-2H3. The topological polar surface area (TPSA) is 55.5 Å². The molecule has 0 spiro atoms. The summed E-state index contributed by atoms with van der Waals surface area (Å²) >= 11 is 8.04. The van der Waals surface area contributed by atoms with Gasteiger partial charge in [-0.2, -0.15) is 5.10 Å².